The van der Waals surface area contributed by atoms with Crippen molar-refractivity contribution in [2.45, 2.75) is 51.9 Å². The lowest BCUT2D eigenvalue weighted by Gasteiger charge is -2.34. The van der Waals surface area contributed by atoms with Gasteiger partial charge >= 0.3 is 0 Å². The van der Waals surface area contributed by atoms with Crippen LogP contribution in [0.5, 0.6) is 0 Å². The predicted octanol–water partition coefficient (Wildman–Crippen LogP) is 3.12. The van der Waals surface area contributed by atoms with Crippen LogP contribution in [0.25, 0.3) is 0 Å². The molecule has 0 radical (unpaired) electrons. The second-order valence-corrected chi connectivity index (χ2v) is 7.22. The highest BCUT2D eigenvalue weighted by Crippen LogP contribution is 2.26. The maximum absolute atomic E-state index is 12.9. The molecule has 3 heterocycles. The largest absolute Gasteiger partial charge is 0.342 e. The van der Waals surface area contributed by atoms with Crippen molar-refractivity contribution < 1.29 is 4.79 Å². The zero-order valence-corrected chi connectivity index (χ0v) is 14.9. The summed E-state index contributed by atoms with van der Waals surface area (Å²) >= 11 is 0. The van der Waals surface area contributed by atoms with Gasteiger partial charge in [-0.3, -0.25) is 4.79 Å². The van der Waals surface area contributed by atoms with Crippen LogP contribution in [-0.4, -0.2) is 47.0 Å². The molecule has 5 heteroatoms. The maximum Gasteiger partial charge on any atom is 0.225 e. The first-order valence-electron chi connectivity index (χ1n) is 9.58. The second kappa shape index (κ2) is 8.45. The van der Waals surface area contributed by atoms with Crippen LogP contribution in [0.15, 0.2) is 18.5 Å². The van der Waals surface area contributed by atoms with Crippen molar-refractivity contribution >= 4 is 11.9 Å². The lowest BCUT2D eigenvalue weighted by atomic mass is 9.95. The van der Waals surface area contributed by atoms with E-state index >= 15 is 0 Å². The van der Waals surface area contributed by atoms with Crippen LogP contribution >= 0.6 is 0 Å². The van der Waals surface area contributed by atoms with E-state index in [-0.39, 0.29) is 5.92 Å². The zero-order chi connectivity index (χ0) is 16.8. The molecule has 2 aliphatic heterocycles. The molecule has 0 N–H and O–H groups in total. The van der Waals surface area contributed by atoms with Crippen molar-refractivity contribution in [3.63, 3.8) is 0 Å². The summed E-state index contributed by atoms with van der Waals surface area (Å²) in [6.07, 6.45) is 11.6. The Balaban J connectivity index is 1.50. The number of carbonyl (C=O) groups is 1. The van der Waals surface area contributed by atoms with E-state index in [9.17, 15) is 4.79 Å². The normalized spacial score (nSPS) is 23.1. The Morgan fingerprint density at radius 1 is 1.08 bits per heavy atom. The molecule has 0 saturated carbocycles. The third-order valence-corrected chi connectivity index (χ3v) is 5.54. The average molecular weight is 330 g/mol. The molecule has 1 amide bonds. The number of anilines is 1. The van der Waals surface area contributed by atoms with Gasteiger partial charge in [-0.25, -0.2) is 9.97 Å². The van der Waals surface area contributed by atoms with Crippen LogP contribution < -0.4 is 4.90 Å². The molecule has 1 atom stereocenters. The van der Waals surface area contributed by atoms with Gasteiger partial charge in [-0.2, -0.15) is 0 Å². The summed E-state index contributed by atoms with van der Waals surface area (Å²) < 4.78 is 0. The van der Waals surface area contributed by atoms with E-state index < -0.39 is 0 Å². The lowest BCUT2D eigenvalue weighted by Crippen LogP contribution is -2.43. The van der Waals surface area contributed by atoms with E-state index in [1.165, 1.54) is 32.1 Å². The fraction of sp³-hybridized carbons (Fsp3) is 0.737. The van der Waals surface area contributed by atoms with Gasteiger partial charge in [-0.15, -0.1) is 0 Å². The predicted molar refractivity (Wildman–Crippen MR) is 95.8 cm³/mol. The first-order chi connectivity index (χ1) is 11.8. The number of hydrogen-bond acceptors (Lipinski definition) is 4. The minimum absolute atomic E-state index is 0.188. The van der Waals surface area contributed by atoms with Crippen LogP contribution in [0, 0.1) is 11.8 Å². The molecule has 2 fully saturated rings. The minimum Gasteiger partial charge on any atom is -0.342 e. The van der Waals surface area contributed by atoms with Gasteiger partial charge < -0.3 is 9.80 Å². The molecule has 24 heavy (non-hydrogen) atoms. The van der Waals surface area contributed by atoms with Gasteiger partial charge in [0.2, 0.25) is 11.9 Å². The van der Waals surface area contributed by atoms with Gasteiger partial charge in [0.25, 0.3) is 0 Å². The highest BCUT2D eigenvalue weighted by Gasteiger charge is 2.30. The standard InChI is InChI=1S/C19H30N4O/c1-2-5-16-6-3-12-22(13-7-16)18(24)17-8-14-23(15-9-17)19-20-10-4-11-21-19/h4,10-11,16-17H,2-3,5-9,12-15H2,1H3. The number of amides is 1. The Morgan fingerprint density at radius 3 is 2.54 bits per heavy atom. The number of likely N-dealkylation sites (tertiary alicyclic amines) is 1. The van der Waals surface area contributed by atoms with Gasteiger partial charge in [-0.05, 0) is 44.1 Å². The quantitative estimate of drug-likeness (QED) is 0.851. The van der Waals surface area contributed by atoms with E-state index in [0.29, 0.717) is 5.91 Å². The molecule has 2 aliphatic rings. The molecule has 0 spiro atoms. The number of nitrogens with zero attached hydrogens (tertiary/aromatic N) is 4. The fourth-order valence-corrected chi connectivity index (χ4v) is 4.12. The summed E-state index contributed by atoms with van der Waals surface area (Å²) in [5, 5.41) is 0. The molecule has 1 aromatic heterocycles. The van der Waals surface area contributed by atoms with E-state index in [1.807, 2.05) is 6.07 Å². The first-order valence-corrected chi connectivity index (χ1v) is 9.58. The summed E-state index contributed by atoms with van der Waals surface area (Å²) in [5.41, 5.74) is 0. The minimum atomic E-state index is 0.188. The van der Waals surface area contributed by atoms with Crippen LogP contribution in [0.3, 0.4) is 0 Å². The molecule has 1 aromatic rings. The van der Waals surface area contributed by atoms with E-state index in [4.69, 9.17) is 0 Å². The van der Waals surface area contributed by atoms with Gasteiger partial charge in [-0.1, -0.05) is 19.8 Å². The van der Waals surface area contributed by atoms with E-state index in [0.717, 1.165) is 50.9 Å². The third-order valence-electron chi connectivity index (χ3n) is 5.54. The van der Waals surface area contributed by atoms with Crippen molar-refractivity contribution in [1.82, 2.24) is 14.9 Å². The monoisotopic (exact) mass is 330 g/mol. The van der Waals surface area contributed by atoms with Crippen LogP contribution in [0.2, 0.25) is 0 Å². The van der Waals surface area contributed by atoms with Crippen molar-refractivity contribution in [3.8, 4) is 0 Å². The number of aromatic nitrogens is 2. The van der Waals surface area contributed by atoms with Crippen LogP contribution in [0.1, 0.15) is 51.9 Å². The van der Waals surface area contributed by atoms with Crippen molar-refractivity contribution in [2.75, 3.05) is 31.1 Å². The highest BCUT2D eigenvalue weighted by molar-refractivity contribution is 5.79. The Hall–Kier alpha value is -1.65. The van der Waals surface area contributed by atoms with Gasteiger partial charge in [0.05, 0.1) is 0 Å². The topological polar surface area (TPSA) is 49.3 Å². The van der Waals surface area contributed by atoms with Crippen molar-refractivity contribution in [3.05, 3.63) is 18.5 Å². The number of hydrogen-bond donors (Lipinski definition) is 0. The van der Waals surface area contributed by atoms with Crippen LogP contribution in [-0.2, 0) is 4.79 Å². The maximum atomic E-state index is 12.9. The second-order valence-electron chi connectivity index (χ2n) is 7.22. The molecule has 0 aromatic carbocycles. The Bertz CT molecular complexity index is 513. The van der Waals surface area contributed by atoms with Gasteiger partial charge in [0.15, 0.2) is 0 Å². The Labute approximate surface area is 145 Å². The van der Waals surface area contributed by atoms with E-state index in [1.54, 1.807) is 12.4 Å². The smallest absolute Gasteiger partial charge is 0.225 e. The van der Waals surface area contributed by atoms with Crippen molar-refractivity contribution in [2.24, 2.45) is 11.8 Å². The van der Waals surface area contributed by atoms with Gasteiger partial charge in [0, 0.05) is 44.5 Å². The highest BCUT2D eigenvalue weighted by atomic mass is 16.2. The molecule has 3 rings (SSSR count). The fourth-order valence-electron chi connectivity index (χ4n) is 4.12. The molecule has 0 aliphatic carbocycles. The summed E-state index contributed by atoms with van der Waals surface area (Å²) in [4.78, 5) is 25.9. The Morgan fingerprint density at radius 2 is 1.83 bits per heavy atom. The summed E-state index contributed by atoms with van der Waals surface area (Å²) in [5.74, 6) is 2.19. The van der Waals surface area contributed by atoms with E-state index in [2.05, 4.69) is 26.7 Å². The van der Waals surface area contributed by atoms with Crippen molar-refractivity contribution in [1.29, 1.82) is 0 Å². The molecule has 2 saturated heterocycles. The Kier molecular flexibility index (Phi) is 6.05. The molecule has 5 nitrogen and oxygen atoms in total. The zero-order valence-electron chi connectivity index (χ0n) is 14.9. The molecule has 132 valence electrons. The third kappa shape index (κ3) is 4.25. The molecule has 1 unspecified atom stereocenters. The molecular weight excluding hydrogens is 300 g/mol. The summed E-state index contributed by atoms with van der Waals surface area (Å²) in [6, 6.07) is 1.84. The molecular formula is C19H30N4O. The SMILES string of the molecule is CCCC1CCCN(C(=O)C2CCN(c3ncccn3)CC2)CC1. The number of rotatable bonds is 4. The first kappa shape index (κ1) is 17.2. The summed E-state index contributed by atoms with van der Waals surface area (Å²) in [6.45, 7) is 5.95. The van der Waals surface area contributed by atoms with Gasteiger partial charge in [0.1, 0.15) is 0 Å². The number of carbonyl (C=O) groups excluding carboxylic acids is 1. The number of piperidine rings is 1. The molecule has 0 bridgehead atoms. The summed E-state index contributed by atoms with van der Waals surface area (Å²) in [7, 11) is 0. The lowest BCUT2D eigenvalue weighted by molar-refractivity contribution is -0.136. The average Bonchev–Trinajstić information content (AvgIpc) is 2.88. The van der Waals surface area contributed by atoms with Crippen LogP contribution in [0.4, 0.5) is 5.95 Å².